The molecule has 0 aliphatic carbocycles. The molecule has 8 heteroatoms. The Morgan fingerprint density at radius 1 is 1.38 bits per heavy atom. The average molecular weight is 315 g/mol. The van der Waals surface area contributed by atoms with Crippen molar-refractivity contribution in [1.29, 1.82) is 0 Å². The predicted molar refractivity (Wildman–Crippen MR) is 77.8 cm³/mol. The number of aromatic carboxylic acids is 1. The minimum atomic E-state index is -3.66. The zero-order chi connectivity index (χ0) is 15.6. The number of carbonyl (C=O) groups is 1. The van der Waals surface area contributed by atoms with Crippen LogP contribution in [0.3, 0.4) is 0 Å². The van der Waals surface area contributed by atoms with Crippen molar-refractivity contribution in [2.45, 2.75) is 17.7 Å². The van der Waals surface area contributed by atoms with E-state index in [1.807, 2.05) is 0 Å². The van der Waals surface area contributed by atoms with Gasteiger partial charge in [-0.25, -0.2) is 17.9 Å². The van der Waals surface area contributed by atoms with E-state index >= 15 is 0 Å². The van der Waals surface area contributed by atoms with Crippen molar-refractivity contribution in [1.82, 2.24) is 14.2 Å². The van der Waals surface area contributed by atoms with Gasteiger partial charge in [0.2, 0.25) is 10.0 Å². The molecule has 0 bridgehead atoms. The third kappa shape index (κ3) is 3.84. The second kappa shape index (κ2) is 6.17. The fraction of sp³-hybridized carbons (Fsp3) is 0.615. The van der Waals surface area contributed by atoms with Crippen LogP contribution in [0.4, 0.5) is 0 Å². The van der Waals surface area contributed by atoms with Gasteiger partial charge in [0.25, 0.3) is 0 Å². The summed E-state index contributed by atoms with van der Waals surface area (Å²) in [5.74, 6) is -0.812. The van der Waals surface area contributed by atoms with Gasteiger partial charge >= 0.3 is 5.97 Å². The van der Waals surface area contributed by atoms with Gasteiger partial charge in [0, 0.05) is 19.8 Å². The first-order valence-electron chi connectivity index (χ1n) is 6.87. The molecule has 1 fully saturated rings. The Morgan fingerprint density at radius 2 is 2.00 bits per heavy atom. The Morgan fingerprint density at radius 3 is 2.52 bits per heavy atom. The maximum atomic E-state index is 12.2. The highest BCUT2D eigenvalue weighted by atomic mass is 32.2. The van der Waals surface area contributed by atoms with Crippen LogP contribution in [-0.2, 0) is 17.1 Å². The standard InChI is InChI=1S/C13H21N3O4S/c1-15-5-3-10(4-6-15)8-14-21(19,20)11-7-12(13(17)18)16(2)9-11/h7,9-10,14H,3-6,8H2,1-2H3,(H,17,18). The molecule has 1 aliphatic heterocycles. The van der Waals surface area contributed by atoms with Crippen LogP contribution in [0.5, 0.6) is 0 Å². The molecule has 118 valence electrons. The fourth-order valence-electron chi connectivity index (χ4n) is 2.47. The number of hydrogen-bond donors (Lipinski definition) is 2. The molecule has 1 aromatic heterocycles. The van der Waals surface area contributed by atoms with E-state index in [0.717, 1.165) is 25.9 Å². The lowest BCUT2D eigenvalue weighted by atomic mass is 9.98. The molecule has 0 unspecified atom stereocenters. The highest BCUT2D eigenvalue weighted by Gasteiger charge is 2.23. The summed E-state index contributed by atoms with van der Waals surface area (Å²) in [4.78, 5) is 13.2. The zero-order valence-electron chi connectivity index (χ0n) is 12.2. The number of carboxylic acids is 1. The fourth-order valence-corrected chi connectivity index (χ4v) is 3.66. The monoisotopic (exact) mass is 315 g/mol. The zero-order valence-corrected chi connectivity index (χ0v) is 13.1. The number of piperidine rings is 1. The summed E-state index contributed by atoms with van der Waals surface area (Å²) in [7, 11) is -0.0894. The average Bonchev–Trinajstić information content (AvgIpc) is 2.81. The lowest BCUT2D eigenvalue weighted by molar-refractivity contribution is 0.0686. The van der Waals surface area contributed by atoms with E-state index in [1.165, 1.54) is 23.9 Å². The number of hydrogen-bond acceptors (Lipinski definition) is 4. The van der Waals surface area contributed by atoms with E-state index in [0.29, 0.717) is 12.5 Å². The minimum Gasteiger partial charge on any atom is -0.477 e. The Hall–Kier alpha value is -1.38. The largest absolute Gasteiger partial charge is 0.477 e. The van der Waals surface area contributed by atoms with E-state index < -0.39 is 16.0 Å². The summed E-state index contributed by atoms with van der Waals surface area (Å²) in [6.07, 6.45) is 3.25. The molecule has 0 aromatic carbocycles. The van der Waals surface area contributed by atoms with Gasteiger partial charge in [0.15, 0.2) is 0 Å². The van der Waals surface area contributed by atoms with Gasteiger partial charge < -0.3 is 14.6 Å². The van der Waals surface area contributed by atoms with Gasteiger partial charge in [-0.3, -0.25) is 0 Å². The number of likely N-dealkylation sites (tertiary alicyclic amines) is 1. The summed E-state index contributed by atoms with van der Waals surface area (Å²) in [6, 6.07) is 1.18. The van der Waals surface area contributed by atoms with Gasteiger partial charge in [0.1, 0.15) is 10.6 Å². The first kappa shape index (κ1) is 16.0. The van der Waals surface area contributed by atoms with E-state index in [1.54, 1.807) is 0 Å². The molecule has 0 amide bonds. The molecule has 7 nitrogen and oxygen atoms in total. The van der Waals surface area contributed by atoms with Gasteiger partial charge in [0.05, 0.1) is 0 Å². The molecule has 1 saturated heterocycles. The Bertz CT molecular complexity index is 615. The van der Waals surface area contributed by atoms with Crippen LogP contribution in [0.1, 0.15) is 23.3 Å². The normalized spacial score (nSPS) is 18.0. The van der Waals surface area contributed by atoms with Crippen LogP contribution in [0, 0.1) is 5.92 Å². The van der Waals surface area contributed by atoms with E-state index in [4.69, 9.17) is 5.11 Å². The maximum absolute atomic E-state index is 12.2. The number of aromatic nitrogens is 1. The van der Waals surface area contributed by atoms with Crippen LogP contribution in [0.15, 0.2) is 17.2 Å². The number of aryl methyl sites for hydroxylation is 1. The van der Waals surface area contributed by atoms with E-state index in [9.17, 15) is 13.2 Å². The number of sulfonamides is 1. The Balaban J connectivity index is 2.02. The predicted octanol–water partition coefficient (Wildman–Crippen LogP) is 0.343. The second-order valence-corrected chi connectivity index (χ2v) is 7.34. The van der Waals surface area contributed by atoms with Crippen LogP contribution < -0.4 is 4.72 Å². The van der Waals surface area contributed by atoms with E-state index in [-0.39, 0.29) is 10.6 Å². The van der Waals surface area contributed by atoms with Crippen LogP contribution in [0.25, 0.3) is 0 Å². The number of rotatable bonds is 5. The van der Waals surface area contributed by atoms with E-state index in [2.05, 4.69) is 16.7 Å². The van der Waals surface area contributed by atoms with Crippen molar-refractivity contribution in [2.24, 2.45) is 13.0 Å². The molecule has 1 aromatic rings. The lowest BCUT2D eigenvalue weighted by Gasteiger charge is -2.28. The summed E-state index contributed by atoms with van der Waals surface area (Å²) < 4.78 is 28.3. The smallest absolute Gasteiger partial charge is 0.352 e. The molecule has 21 heavy (non-hydrogen) atoms. The first-order valence-corrected chi connectivity index (χ1v) is 8.36. The van der Waals surface area contributed by atoms with Crippen molar-refractivity contribution in [3.63, 3.8) is 0 Å². The molecule has 0 spiro atoms. The summed E-state index contributed by atoms with van der Waals surface area (Å²) in [5.41, 5.74) is -0.0466. The maximum Gasteiger partial charge on any atom is 0.352 e. The van der Waals surface area contributed by atoms with Gasteiger partial charge in [-0.2, -0.15) is 0 Å². The second-order valence-electron chi connectivity index (χ2n) is 5.58. The SMILES string of the molecule is CN1CCC(CNS(=O)(=O)c2cc(C(=O)O)n(C)c2)CC1. The molecule has 0 atom stereocenters. The van der Waals surface area contributed by atoms with Gasteiger partial charge in [-0.05, 0) is 45.0 Å². The number of carboxylic acid groups (broad SMARTS) is 1. The van der Waals surface area contributed by atoms with Gasteiger partial charge in [-0.15, -0.1) is 0 Å². The summed E-state index contributed by atoms with van der Waals surface area (Å²) >= 11 is 0. The van der Waals surface area contributed by atoms with Crippen molar-refractivity contribution in [3.8, 4) is 0 Å². The highest BCUT2D eigenvalue weighted by molar-refractivity contribution is 7.89. The van der Waals surface area contributed by atoms with Gasteiger partial charge in [-0.1, -0.05) is 0 Å². The van der Waals surface area contributed by atoms with Crippen molar-refractivity contribution >= 4 is 16.0 Å². The van der Waals surface area contributed by atoms with Crippen LogP contribution in [0.2, 0.25) is 0 Å². The topological polar surface area (TPSA) is 91.6 Å². The van der Waals surface area contributed by atoms with Crippen molar-refractivity contribution in [2.75, 3.05) is 26.7 Å². The Labute approximate surface area is 124 Å². The molecule has 0 radical (unpaired) electrons. The molecular formula is C13H21N3O4S. The minimum absolute atomic E-state index is 0.00433. The summed E-state index contributed by atoms with van der Waals surface area (Å²) in [5, 5.41) is 8.96. The highest BCUT2D eigenvalue weighted by Crippen LogP contribution is 2.17. The van der Waals surface area contributed by atoms with Crippen molar-refractivity contribution < 1.29 is 18.3 Å². The molecule has 2 heterocycles. The third-order valence-corrected chi connectivity index (χ3v) is 5.30. The Kier molecular flexibility index (Phi) is 4.70. The quantitative estimate of drug-likeness (QED) is 0.818. The first-order chi connectivity index (χ1) is 9.79. The molecule has 2 N–H and O–H groups in total. The summed E-state index contributed by atoms with van der Waals surface area (Å²) in [6.45, 7) is 2.34. The third-order valence-electron chi connectivity index (χ3n) is 3.91. The van der Waals surface area contributed by atoms with Crippen LogP contribution in [-0.4, -0.2) is 55.6 Å². The molecular weight excluding hydrogens is 294 g/mol. The van der Waals surface area contributed by atoms with Crippen molar-refractivity contribution in [3.05, 3.63) is 18.0 Å². The molecule has 0 saturated carbocycles. The number of nitrogens with one attached hydrogen (secondary N) is 1. The molecule has 1 aliphatic rings. The number of nitrogens with zero attached hydrogens (tertiary/aromatic N) is 2. The van der Waals surface area contributed by atoms with Crippen LogP contribution >= 0.6 is 0 Å². The molecule has 2 rings (SSSR count). The lowest BCUT2D eigenvalue weighted by Crippen LogP contribution is -2.36.